The molecule has 0 radical (unpaired) electrons. The Morgan fingerprint density at radius 2 is 1.90 bits per heavy atom. The van der Waals surface area contributed by atoms with E-state index in [0.717, 1.165) is 28.8 Å². The molecule has 2 N–H and O–H groups in total. The van der Waals surface area contributed by atoms with Crippen LogP contribution in [0.25, 0.3) is 22.3 Å². The van der Waals surface area contributed by atoms with Gasteiger partial charge in [0, 0.05) is 23.0 Å². The Hall–Kier alpha value is -3.68. The van der Waals surface area contributed by atoms with Crippen LogP contribution in [0, 0.1) is 6.92 Å². The number of hydrogen-bond donors (Lipinski definition) is 2. The highest BCUT2D eigenvalue weighted by atomic mass is 19.4. The van der Waals surface area contributed by atoms with Crippen LogP contribution in [-0.2, 0) is 6.18 Å². The Kier molecular flexibility index (Phi) is 4.54. The van der Waals surface area contributed by atoms with Crippen molar-refractivity contribution in [3.8, 4) is 11.1 Å². The minimum atomic E-state index is -4.48. The first kappa shape index (κ1) is 18.7. The summed E-state index contributed by atoms with van der Waals surface area (Å²) in [4.78, 5) is 24.0. The van der Waals surface area contributed by atoms with Gasteiger partial charge in [0.1, 0.15) is 5.52 Å². The molecule has 0 saturated heterocycles. The van der Waals surface area contributed by atoms with Crippen LogP contribution >= 0.6 is 0 Å². The summed E-state index contributed by atoms with van der Waals surface area (Å²) in [7, 11) is 0. The summed E-state index contributed by atoms with van der Waals surface area (Å²) in [6.45, 7) is 1.90. The lowest BCUT2D eigenvalue weighted by Crippen LogP contribution is -2.13. The fraction of sp³-hybridized carbons (Fsp3) is 0.0952. The topological polar surface area (TPSA) is 70.7 Å². The minimum Gasteiger partial charge on any atom is -0.329 e. The molecule has 0 spiro atoms. The number of imidazole rings is 1. The number of carbonyl (C=O) groups excluding carboxylic acids is 1. The number of alkyl halides is 3. The third-order valence-electron chi connectivity index (χ3n) is 4.53. The third-order valence-corrected chi connectivity index (χ3v) is 4.53. The molecule has 2 aromatic heterocycles. The molecule has 0 aliphatic rings. The lowest BCUT2D eigenvalue weighted by atomic mass is 9.99. The Bertz CT molecular complexity index is 1210. The van der Waals surface area contributed by atoms with Crippen molar-refractivity contribution in [2.45, 2.75) is 13.1 Å². The van der Waals surface area contributed by atoms with Crippen molar-refractivity contribution in [3.63, 3.8) is 0 Å². The maximum Gasteiger partial charge on any atom is 0.416 e. The van der Waals surface area contributed by atoms with E-state index in [4.69, 9.17) is 0 Å². The van der Waals surface area contributed by atoms with Crippen LogP contribution in [0.3, 0.4) is 0 Å². The van der Waals surface area contributed by atoms with Crippen molar-refractivity contribution in [3.05, 3.63) is 77.7 Å². The number of nitrogens with one attached hydrogen (secondary N) is 2. The van der Waals surface area contributed by atoms with Gasteiger partial charge in [0.25, 0.3) is 5.91 Å². The number of nitrogens with zero attached hydrogens (tertiary/aromatic N) is 2. The summed E-state index contributed by atoms with van der Waals surface area (Å²) in [5.41, 5.74) is 3.44. The fourth-order valence-corrected chi connectivity index (χ4v) is 3.02. The van der Waals surface area contributed by atoms with Gasteiger partial charge in [-0.25, -0.2) is 9.97 Å². The molecular weight excluding hydrogens is 381 g/mol. The molecule has 4 rings (SSSR count). The van der Waals surface area contributed by atoms with E-state index >= 15 is 0 Å². The van der Waals surface area contributed by atoms with Gasteiger partial charge < -0.3 is 10.3 Å². The largest absolute Gasteiger partial charge is 0.416 e. The molecule has 2 heterocycles. The Balaban J connectivity index is 1.64. The number of halogens is 3. The van der Waals surface area contributed by atoms with Gasteiger partial charge in [0.05, 0.1) is 11.9 Å². The first-order valence-electron chi connectivity index (χ1n) is 8.70. The van der Waals surface area contributed by atoms with Crippen molar-refractivity contribution < 1.29 is 18.0 Å². The zero-order chi connectivity index (χ0) is 20.6. The number of fused-ring (bicyclic) bond motifs is 1. The highest BCUT2D eigenvalue weighted by molar-refractivity contribution is 6.05. The maximum absolute atomic E-state index is 12.9. The van der Waals surface area contributed by atoms with Crippen molar-refractivity contribution >= 4 is 22.8 Å². The quantitative estimate of drug-likeness (QED) is 0.500. The van der Waals surface area contributed by atoms with Gasteiger partial charge in [0.2, 0.25) is 0 Å². The molecule has 0 aliphatic carbocycles. The van der Waals surface area contributed by atoms with Crippen molar-refractivity contribution in [2.75, 3.05) is 5.32 Å². The minimum absolute atomic E-state index is 0.0755. The molecule has 2 aromatic carbocycles. The van der Waals surface area contributed by atoms with E-state index < -0.39 is 17.6 Å². The van der Waals surface area contributed by atoms with Gasteiger partial charge in [-0.2, -0.15) is 13.2 Å². The Labute approximate surface area is 163 Å². The predicted molar refractivity (Wildman–Crippen MR) is 103 cm³/mol. The molecule has 0 fully saturated rings. The van der Waals surface area contributed by atoms with E-state index in [1.54, 1.807) is 30.7 Å². The average molecular weight is 396 g/mol. The number of aromatic amines is 1. The predicted octanol–water partition coefficient (Wildman–Crippen LogP) is 5.20. The Morgan fingerprint density at radius 3 is 2.69 bits per heavy atom. The molecule has 0 saturated carbocycles. The maximum atomic E-state index is 12.9. The second-order valence-corrected chi connectivity index (χ2v) is 6.56. The summed E-state index contributed by atoms with van der Waals surface area (Å²) in [5, 5.41) is 2.52. The summed E-state index contributed by atoms with van der Waals surface area (Å²) < 4.78 is 38.6. The molecular formula is C21H15F3N4O. The number of hydrogen-bond acceptors (Lipinski definition) is 3. The van der Waals surface area contributed by atoms with Crippen LogP contribution in [0.4, 0.5) is 18.9 Å². The molecule has 5 nitrogen and oxygen atoms in total. The number of H-pyrrole nitrogens is 1. The van der Waals surface area contributed by atoms with Gasteiger partial charge in [-0.05, 0) is 54.4 Å². The van der Waals surface area contributed by atoms with E-state index in [-0.39, 0.29) is 5.69 Å². The lowest BCUT2D eigenvalue weighted by Gasteiger charge is -2.12. The third kappa shape index (κ3) is 3.82. The van der Waals surface area contributed by atoms with Crippen LogP contribution < -0.4 is 5.32 Å². The fourth-order valence-electron chi connectivity index (χ4n) is 3.02. The highest BCUT2D eigenvalue weighted by Gasteiger charge is 2.30. The summed E-state index contributed by atoms with van der Waals surface area (Å²) >= 11 is 0. The molecule has 0 atom stereocenters. The first-order chi connectivity index (χ1) is 13.8. The first-order valence-corrected chi connectivity index (χ1v) is 8.70. The molecule has 8 heteroatoms. The second-order valence-electron chi connectivity index (χ2n) is 6.56. The second kappa shape index (κ2) is 7.05. The molecule has 0 aliphatic heterocycles. The number of aromatic nitrogens is 3. The van der Waals surface area contributed by atoms with E-state index in [9.17, 15) is 18.0 Å². The number of amides is 1. The Morgan fingerprint density at radius 1 is 1.07 bits per heavy atom. The highest BCUT2D eigenvalue weighted by Crippen LogP contribution is 2.31. The zero-order valence-corrected chi connectivity index (χ0v) is 15.2. The number of benzene rings is 2. The number of carbonyl (C=O) groups is 1. The van der Waals surface area contributed by atoms with Crippen molar-refractivity contribution in [2.24, 2.45) is 0 Å². The van der Waals surface area contributed by atoms with Gasteiger partial charge in [-0.15, -0.1) is 0 Å². The molecule has 4 aromatic rings. The van der Waals surface area contributed by atoms with Gasteiger partial charge in [-0.1, -0.05) is 12.1 Å². The van der Waals surface area contributed by atoms with E-state index in [2.05, 4.69) is 20.3 Å². The van der Waals surface area contributed by atoms with Crippen LogP contribution in [-0.4, -0.2) is 20.9 Å². The van der Waals surface area contributed by atoms with Gasteiger partial charge >= 0.3 is 6.18 Å². The van der Waals surface area contributed by atoms with Gasteiger partial charge in [-0.3, -0.25) is 4.79 Å². The zero-order valence-electron chi connectivity index (χ0n) is 15.2. The smallest absolute Gasteiger partial charge is 0.329 e. The molecule has 146 valence electrons. The normalized spacial score (nSPS) is 11.6. The summed E-state index contributed by atoms with van der Waals surface area (Å²) in [6, 6.07) is 11.5. The SMILES string of the molecule is Cc1ccc(C(=O)Nc2cccc(C(F)(F)F)c2)cc1-c1cnc2[nH]cnc2c1. The monoisotopic (exact) mass is 396 g/mol. The number of anilines is 1. The van der Waals surface area contributed by atoms with Crippen LogP contribution in [0.5, 0.6) is 0 Å². The number of rotatable bonds is 3. The molecule has 29 heavy (non-hydrogen) atoms. The molecule has 0 bridgehead atoms. The van der Waals surface area contributed by atoms with E-state index in [1.807, 2.05) is 13.0 Å². The van der Waals surface area contributed by atoms with E-state index in [0.29, 0.717) is 16.7 Å². The molecule has 1 amide bonds. The number of pyridine rings is 1. The van der Waals surface area contributed by atoms with Crippen LogP contribution in [0.1, 0.15) is 21.5 Å². The standard InChI is InChI=1S/C21H15F3N4O/c1-12-5-6-13(7-17(12)14-8-18-19(25-10-14)27-11-26-18)20(29)28-16-4-2-3-15(9-16)21(22,23)24/h2-11H,1H3,(H,28,29)(H,25,26,27). The molecule has 0 unspecified atom stereocenters. The van der Waals surface area contributed by atoms with Crippen molar-refractivity contribution in [1.82, 2.24) is 15.0 Å². The van der Waals surface area contributed by atoms with E-state index in [1.165, 1.54) is 12.1 Å². The van der Waals surface area contributed by atoms with Crippen LogP contribution in [0.15, 0.2) is 61.1 Å². The van der Waals surface area contributed by atoms with Gasteiger partial charge in [0.15, 0.2) is 5.65 Å². The van der Waals surface area contributed by atoms with Crippen molar-refractivity contribution in [1.29, 1.82) is 0 Å². The summed E-state index contributed by atoms with van der Waals surface area (Å²) in [5.74, 6) is -0.501. The average Bonchev–Trinajstić information content (AvgIpc) is 3.15. The number of aryl methyl sites for hydroxylation is 1. The van der Waals surface area contributed by atoms with Crippen LogP contribution in [0.2, 0.25) is 0 Å². The summed E-state index contributed by atoms with van der Waals surface area (Å²) in [6.07, 6.45) is -1.25. The lowest BCUT2D eigenvalue weighted by molar-refractivity contribution is -0.137.